The van der Waals surface area contributed by atoms with Gasteiger partial charge in [0, 0.05) is 26.1 Å². The third-order valence-corrected chi connectivity index (χ3v) is 3.04. The topological polar surface area (TPSA) is 38.7 Å². The zero-order valence-corrected chi connectivity index (χ0v) is 9.27. The molecule has 1 aliphatic rings. The lowest BCUT2D eigenvalue weighted by molar-refractivity contribution is -0.260. The van der Waals surface area contributed by atoms with Crippen molar-refractivity contribution in [3.8, 4) is 0 Å². The quantitative estimate of drug-likeness (QED) is 0.566. The van der Waals surface area contributed by atoms with Crippen molar-refractivity contribution in [1.82, 2.24) is 0 Å². The van der Waals surface area contributed by atoms with Crippen molar-refractivity contribution in [3.05, 3.63) is 37.5 Å². The van der Waals surface area contributed by atoms with E-state index in [0.717, 1.165) is 0 Å². The number of aliphatic hydroxyl groups is 1. The Bertz CT molecular complexity index is 269. The molecule has 1 unspecified atom stereocenters. The normalized spacial score (nSPS) is 27.3. The van der Waals surface area contributed by atoms with E-state index in [9.17, 15) is 5.11 Å². The van der Waals surface area contributed by atoms with E-state index in [1.54, 1.807) is 18.2 Å². The number of allylic oxidation sites excluding steroid dienone is 3. The van der Waals surface area contributed by atoms with Crippen LogP contribution in [0.3, 0.4) is 0 Å². The van der Waals surface area contributed by atoms with Gasteiger partial charge >= 0.3 is 0 Å². The van der Waals surface area contributed by atoms with E-state index in [-0.39, 0.29) is 5.41 Å². The Hall–Kier alpha value is -0.900. The fourth-order valence-electron chi connectivity index (χ4n) is 1.84. The number of ether oxygens (including phenoxy) is 2. The van der Waals surface area contributed by atoms with Crippen LogP contribution in [0.1, 0.15) is 6.42 Å². The second-order valence-electron chi connectivity index (χ2n) is 3.72. The van der Waals surface area contributed by atoms with Gasteiger partial charge < -0.3 is 14.6 Å². The standard InChI is InChI=1S/C12H18O3/c1-5-11(6-2)8-7-10(13)12(9-11,14-3)15-4/h5-8,10,13H,1-2,9H2,3-4H3. The molecule has 0 aromatic rings. The van der Waals surface area contributed by atoms with Crippen LogP contribution in [0.4, 0.5) is 0 Å². The number of methoxy groups -OCH3 is 2. The van der Waals surface area contributed by atoms with Gasteiger partial charge in [0.25, 0.3) is 0 Å². The Kier molecular flexibility index (Phi) is 3.50. The van der Waals surface area contributed by atoms with E-state index in [1.807, 2.05) is 6.08 Å². The SMILES string of the molecule is C=CC1(C=C)C=CC(O)C(OC)(OC)C1. The molecule has 3 nitrogen and oxygen atoms in total. The zero-order valence-electron chi connectivity index (χ0n) is 9.27. The molecule has 0 fully saturated rings. The van der Waals surface area contributed by atoms with Gasteiger partial charge in [0.1, 0.15) is 6.10 Å². The maximum absolute atomic E-state index is 9.84. The van der Waals surface area contributed by atoms with Gasteiger partial charge in [-0.25, -0.2) is 0 Å². The highest BCUT2D eigenvalue weighted by atomic mass is 16.7. The van der Waals surface area contributed by atoms with E-state index in [0.29, 0.717) is 6.42 Å². The summed E-state index contributed by atoms with van der Waals surface area (Å²) < 4.78 is 10.6. The molecule has 0 heterocycles. The molecular weight excluding hydrogens is 192 g/mol. The lowest BCUT2D eigenvalue weighted by atomic mass is 9.75. The van der Waals surface area contributed by atoms with Gasteiger partial charge in [0.05, 0.1) is 0 Å². The lowest BCUT2D eigenvalue weighted by Crippen LogP contribution is -2.50. The van der Waals surface area contributed by atoms with Crippen LogP contribution in [0.5, 0.6) is 0 Å². The molecular formula is C12H18O3. The van der Waals surface area contributed by atoms with Crippen molar-refractivity contribution in [2.24, 2.45) is 5.41 Å². The van der Waals surface area contributed by atoms with Gasteiger partial charge in [-0.15, -0.1) is 13.2 Å². The number of hydrogen-bond acceptors (Lipinski definition) is 3. The fourth-order valence-corrected chi connectivity index (χ4v) is 1.84. The Balaban J connectivity index is 3.10. The molecule has 1 N–H and O–H groups in total. The minimum atomic E-state index is -1.02. The van der Waals surface area contributed by atoms with Crippen molar-refractivity contribution in [2.45, 2.75) is 18.3 Å². The molecule has 1 aliphatic carbocycles. The summed E-state index contributed by atoms with van der Waals surface area (Å²) in [6.07, 6.45) is 6.76. The second-order valence-corrected chi connectivity index (χ2v) is 3.72. The van der Waals surface area contributed by atoms with Gasteiger partial charge in [-0.3, -0.25) is 0 Å². The van der Waals surface area contributed by atoms with Crippen molar-refractivity contribution in [3.63, 3.8) is 0 Å². The summed E-state index contributed by atoms with van der Waals surface area (Å²) in [4.78, 5) is 0. The number of rotatable bonds is 4. The van der Waals surface area contributed by atoms with Crippen LogP contribution < -0.4 is 0 Å². The molecule has 84 valence electrons. The average molecular weight is 210 g/mol. The molecule has 15 heavy (non-hydrogen) atoms. The third-order valence-electron chi connectivity index (χ3n) is 3.04. The van der Waals surface area contributed by atoms with Crippen LogP contribution in [0, 0.1) is 5.41 Å². The molecule has 0 saturated heterocycles. The second kappa shape index (κ2) is 4.31. The summed E-state index contributed by atoms with van der Waals surface area (Å²) in [5, 5.41) is 9.84. The van der Waals surface area contributed by atoms with E-state index in [1.165, 1.54) is 14.2 Å². The van der Waals surface area contributed by atoms with Crippen LogP contribution in [-0.2, 0) is 9.47 Å². The summed E-state index contributed by atoms with van der Waals surface area (Å²) in [5.41, 5.74) is -0.384. The predicted octanol–water partition coefficient (Wildman–Crippen LogP) is 1.65. The van der Waals surface area contributed by atoms with Gasteiger partial charge in [0.15, 0.2) is 5.79 Å². The van der Waals surface area contributed by atoms with Crippen molar-refractivity contribution in [2.75, 3.05) is 14.2 Å². The summed E-state index contributed by atoms with van der Waals surface area (Å²) in [5.74, 6) is -1.02. The molecule has 3 heteroatoms. The summed E-state index contributed by atoms with van der Waals surface area (Å²) >= 11 is 0. The smallest absolute Gasteiger partial charge is 0.199 e. The van der Waals surface area contributed by atoms with E-state index < -0.39 is 11.9 Å². The predicted molar refractivity (Wildman–Crippen MR) is 59.3 cm³/mol. The van der Waals surface area contributed by atoms with Gasteiger partial charge in [-0.2, -0.15) is 0 Å². The highest BCUT2D eigenvalue weighted by Gasteiger charge is 2.45. The average Bonchev–Trinajstić information content (AvgIpc) is 2.31. The molecule has 0 aliphatic heterocycles. The number of aliphatic hydroxyl groups excluding tert-OH is 1. The maximum Gasteiger partial charge on any atom is 0.199 e. The van der Waals surface area contributed by atoms with Crippen LogP contribution in [0.15, 0.2) is 37.5 Å². The minimum absolute atomic E-state index is 0.384. The molecule has 0 amide bonds. The first-order valence-electron chi connectivity index (χ1n) is 4.83. The fraction of sp³-hybridized carbons (Fsp3) is 0.500. The molecule has 0 aromatic heterocycles. The van der Waals surface area contributed by atoms with Gasteiger partial charge in [0.2, 0.25) is 0 Å². The van der Waals surface area contributed by atoms with Crippen molar-refractivity contribution >= 4 is 0 Å². The molecule has 0 radical (unpaired) electrons. The van der Waals surface area contributed by atoms with E-state index >= 15 is 0 Å². The number of hydrogen-bond donors (Lipinski definition) is 1. The molecule has 0 bridgehead atoms. The first-order chi connectivity index (χ1) is 7.08. The summed E-state index contributed by atoms with van der Waals surface area (Å²) in [7, 11) is 3.03. The van der Waals surface area contributed by atoms with E-state index in [4.69, 9.17) is 9.47 Å². The van der Waals surface area contributed by atoms with Gasteiger partial charge in [-0.1, -0.05) is 24.3 Å². The highest BCUT2D eigenvalue weighted by molar-refractivity contribution is 5.25. The Morgan fingerprint density at radius 3 is 2.27 bits per heavy atom. The highest BCUT2D eigenvalue weighted by Crippen LogP contribution is 2.41. The monoisotopic (exact) mass is 210 g/mol. The van der Waals surface area contributed by atoms with Crippen molar-refractivity contribution in [1.29, 1.82) is 0 Å². The Morgan fingerprint density at radius 1 is 1.33 bits per heavy atom. The van der Waals surface area contributed by atoms with Crippen molar-refractivity contribution < 1.29 is 14.6 Å². The molecule has 0 spiro atoms. The lowest BCUT2D eigenvalue weighted by Gasteiger charge is -2.42. The molecule has 1 atom stereocenters. The Labute approximate surface area is 90.7 Å². The van der Waals surface area contributed by atoms with Crippen LogP contribution >= 0.6 is 0 Å². The van der Waals surface area contributed by atoms with Crippen LogP contribution in [0.2, 0.25) is 0 Å². The van der Waals surface area contributed by atoms with Crippen LogP contribution in [0.25, 0.3) is 0 Å². The molecule has 1 rings (SSSR count). The van der Waals surface area contributed by atoms with Crippen LogP contribution in [-0.4, -0.2) is 31.2 Å². The largest absolute Gasteiger partial charge is 0.383 e. The molecule has 0 saturated carbocycles. The summed E-state index contributed by atoms with van der Waals surface area (Å²) in [6, 6.07) is 0. The summed E-state index contributed by atoms with van der Waals surface area (Å²) in [6.45, 7) is 7.54. The zero-order chi connectivity index (χ0) is 11.5. The Morgan fingerprint density at radius 2 is 1.87 bits per heavy atom. The van der Waals surface area contributed by atoms with Gasteiger partial charge in [-0.05, 0) is 0 Å². The first kappa shape index (κ1) is 12.2. The minimum Gasteiger partial charge on any atom is -0.383 e. The maximum atomic E-state index is 9.84. The third kappa shape index (κ3) is 1.91. The van der Waals surface area contributed by atoms with E-state index in [2.05, 4.69) is 13.2 Å². The molecule has 0 aromatic carbocycles. The first-order valence-corrected chi connectivity index (χ1v) is 4.83.